The van der Waals surface area contributed by atoms with Gasteiger partial charge in [-0.2, -0.15) is 4.39 Å². The van der Waals surface area contributed by atoms with E-state index in [0.29, 0.717) is 54.3 Å². The van der Waals surface area contributed by atoms with Crippen LogP contribution in [0.15, 0.2) is 48.9 Å². The number of hydrogen-bond donors (Lipinski definition) is 4. The molecule has 1 fully saturated rings. The van der Waals surface area contributed by atoms with Crippen LogP contribution in [0.2, 0.25) is 0 Å². The van der Waals surface area contributed by atoms with Crippen LogP contribution >= 0.6 is 0 Å². The fourth-order valence-electron chi connectivity index (χ4n) is 5.17. The van der Waals surface area contributed by atoms with Crippen molar-refractivity contribution in [2.24, 2.45) is 11.7 Å². The van der Waals surface area contributed by atoms with Gasteiger partial charge in [-0.1, -0.05) is 0 Å². The second-order valence-electron chi connectivity index (χ2n) is 10.4. The molecular weight excluding hydrogens is 560 g/mol. The Labute approximate surface area is 246 Å². The number of halogens is 2. The second kappa shape index (κ2) is 12.7. The minimum absolute atomic E-state index is 0.0247. The molecule has 13 heteroatoms. The molecule has 0 radical (unpaired) electrons. The molecular formula is C30H33F2N7O4. The Morgan fingerprint density at radius 3 is 2.63 bits per heavy atom. The lowest BCUT2D eigenvalue weighted by atomic mass is 9.95. The van der Waals surface area contributed by atoms with Gasteiger partial charge in [-0.25, -0.2) is 14.4 Å². The number of carbonyl (C=O) groups excluding carboxylic acids is 2. The molecule has 0 aliphatic carbocycles. The average Bonchev–Trinajstić information content (AvgIpc) is 3.45. The minimum Gasteiger partial charge on any atom is -0.494 e. The number of methoxy groups -OCH3 is 1. The van der Waals surface area contributed by atoms with E-state index >= 15 is 0 Å². The Hall–Kier alpha value is -4.62. The number of anilines is 2. The number of rotatable bonds is 9. The number of carbonyl (C=O) groups is 2. The van der Waals surface area contributed by atoms with Crippen LogP contribution in [-0.4, -0.2) is 75.6 Å². The topological polar surface area (TPSA) is 147 Å². The molecule has 0 saturated carbocycles. The van der Waals surface area contributed by atoms with Gasteiger partial charge in [-0.15, -0.1) is 0 Å². The number of nitrogens with one attached hydrogen (secondary N) is 2. The van der Waals surface area contributed by atoms with Crippen LogP contribution in [0.25, 0.3) is 16.9 Å². The van der Waals surface area contributed by atoms with Crippen molar-refractivity contribution in [2.45, 2.75) is 25.9 Å². The molecule has 43 heavy (non-hydrogen) atoms. The summed E-state index contributed by atoms with van der Waals surface area (Å²) in [4.78, 5) is 36.2. The Morgan fingerprint density at radius 1 is 1.16 bits per heavy atom. The molecule has 1 aliphatic heterocycles. The lowest BCUT2D eigenvalue weighted by molar-refractivity contribution is -0.126. The summed E-state index contributed by atoms with van der Waals surface area (Å²) in [5.74, 6) is -2.40. The van der Waals surface area contributed by atoms with Crippen molar-refractivity contribution >= 4 is 29.0 Å². The van der Waals surface area contributed by atoms with Gasteiger partial charge in [0.05, 0.1) is 25.1 Å². The lowest BCUT2D eigenvalue weighted by Crippen LogP contribution is -2.45. The van der Waals surface area contributed by atoms with Crippen LogP contribution < -0.4 is 21.1 Å². The van der Waals surface area contributed by atoms with E-state index in [-0.39, 0.29) is 42.1 Å². The summed E-state index contributed by atoms with van der Waals surface area (Å²) in [6.07, 6.45) is 4.85. The van der Waals surface area contributed by atoms with Crippen molar-refractivity contribution in [1.29, 1.82) is 0 Å². The molecule has 5 rings (SSSR count). The molecule has 0 bridgehead atoms. The molecule has 2 amide bonds. The van der Waals surface area contributed by atoms with Crippen LogP contribution in [0.1, 0.15) is 28.8 Å². The Morgan fingerprint density at radius 2 is 1.93 bits per heavy atom. The lowest BCUT2D eigenvalue weighted by Gasteiger charge is -2.32. The molecule has 5 N–H and O–H groups in total. The standard InChI is InChI=1S/C30H33F2N7O4/c1-17-13-19(3-4-21(17)30(42)38-10-7-18(8-11-38)29(41)36-15-20(40)14-33)37-27-28-35-16-23(39(28)12-9-34-27)22-5-6-24(43-2)26(32)25(22)31/h3-6,9,12-13,16,18,20,40H,7-8,10-11,14-15,33H2,1-2H3,(H,34,37)(H,36,41). The van der Waals surface area contributed by atoms with E-state index in [9.17, 15) is 23.5 Å². The average molecular weight is 594 g/mol. The number of fused-ring (bicyclic) bond motifs is 1. The monoisotopic (exact) mass is 593 g/mol. The number of ether oxygens (including phenoxy) is 1. The molecule has 1 aliphatic rings. The predicted octanol–water partition coefficient (Wildman–Crippen LogP) is 3.02. The minimum atomic E-state index is -1.08. The first-order valence-electron chi connectivity index (χ1n) is 13.9. The van der Waals surface area contributed by atoms with E-state index in [1.165, 1.54) is 31.6 Å². The summed E-state index contributed by atoms with van der Waals surface area (Å²) in [6, 6.07) is 8.11. The molecule has 0 spiro atoms. The molecule has 2 aromatic carbocycles. The highest BCUT2D eigenvalue weighted by molar-refractivity contribution is 5.96. The zero-order valence-corrected chi connectivity index (χ0v) is 23.8. The fraction of sp³-hybridized carbons (Fsp3) is 0.333. The van der Waals surface area contributed by atoms with E-state index in [0.717, 1.165) is 5.56 Å². The summed E-state index contributed by atoms with van der Waals surface area (Å²) in [7, 11) is 1.27. The van der Waals surface area contributed by atoms with E-state index in [2.05, 4.69) is 20.6 Å². The number of benzene rings is 2. The van der Waals surface area contributed by atoms with Gasteiger partial charge in [0.15, 0.2) is 23.0 Å². The summed E-state index contributed by atoms with van der Waals surface area (Å²) in [5, 5.41) is 15.5. The molecule has 3 heterocycles. The van der Waals surface area contributed by atoms with Gasteiger partial charge >= 0.3 is 0 Å². The summed E-state index contributed by atoms with van der Waals surface area (Å²) in [5.41, 5.74) is 8.10. The van der Waals surface area contributed by atoms with Gasteiger partial charge < -0.3 is 31.1 Å². The zero-order valence-electron chi connectivity index (χ0n) is 23.8. The van der Waals surface area contributed by atoms with E-state index in [1.807, 2.05) is 13.0 Å². The smallest absolute Gasteiger partial charge is 0.254 e. The van der Waals surface area contributed by atoms with Crippen LogP contribution in [-0.2, 0) is 4.79 Å². The highest BCUT2D eigenvalue weighted by Gasteiger charge is 2.28. The van der Waals surface area contributed by atoms with Crippen molar-refractivity contribution < 1.29 is 28.2 Å². The SMILES string of the molecule is COc1ccc(-c2cnc3c(Nc4ccc(C(=O)N5CCC(C(=O)NCC(O)CN)CC5)c(C)c4)nccn23)c(F)c1F. The quantitative estimate of drug-likeness (QED) is 0.232. The predicted molar refractivity (Wildman–Crippen MR) is 156 cm³/mol. The first-order chi connectivity index (χ1) is 20.7. The first kappa shape index (κ1) is 29.9. The van der Waals surface area contributed by atoms with Gasteiger partial charge in [0.25, 0.3) is 5.91 Å². The van der Waals surface area contributed by atoms with E-state index in [1.54, 1.807) is 27.6 Å². The number of aryl methyl sites for hydroxylation is 1. The maximum absolute atomic E-state index is 14.8. The van der Waals surface area contributed by atoms with Gasteiger partial charge in [0.2, 0.25) is 11.7 Å². The Kier molecular flexibility index (Phi) is 8.83. The van der Waals surface area contributed by atoms with Gasteiger partial charge in [-0.05, 0) is 55.7 Å². The Bertz CT molecular complexity index is 1650. The van der Waals surface area contributed by atoms with Crippen molar-refractivity contribution in [3.05, 3.63) is 71.7 Å². The van der Waals surface area contributed by atoms with Crippen LogP contribution in [0, 0.1) is 24.5 Å². The summed E-state index contributed by atoms with van der Waals surface area (Å²) >= 11 is 0. The number of likely N-dealkylation sites (tertiary alicyclic amines) is 1. The molecule has 1 atom stereocenters. The second-order valence-corrected chi connectivity index (χ2v) is 10.4. The van der Waals surface area contributed by atoms with E-state index in [4.69, 9.17) is 10.5 Å². The van der Waals surface area contributed by atoms with Gasteiger partial charge in [-0.3, -0.25) is 14.0 Å². The number of hydrogen-bond acceptors (Lipinski definition) is 8. The van der Waals surface area contributed by atoms with Gasteiger partial charge in [0, 0.05) is 61.3 Å². The number of nitrogens with zero attached hydrogens (tertiary/aromatic N) is 4. The first-order valence-corrected chi connectivity index (χ1v) is 13.9. The fourth-order valence-corrected chi connectivity index (χ4v) is 5.17. The van der Waals surface area contributed by atoms with Crippen LogP contribution in [0.4, 0.5) is 20.3 Å². The summed E-state index contributed by atoms with van der Waals surface area (Å²) in [6.45, 7) is 2.92. The van der Waals surface area contributed by atoms with Gasteiger partial charge in [0.1, 0.15) is 0 Å². The number of amides is 2. The third-order valence-corrected chi connectivity index (χ3v) is 7.63. The molecule has 226 valence electrons. The maximum Gasteiger partial charge on any atom is 0.254 e. The third-order valence-electron chi connectivity index (χ3n) is 7.63. The number of aliphatic hydroxyl groups is 1. The highest BCUT2D eigenvalue weighted by Crippen LogP contribution is 2.32. The number of aliphatic hydroxyl groups excluding tert-OH is 1. The molecule has 1 saturated heterocycles. The van der Waals surface area contributed by atoms with Crippen LogP contribution in [0.5, 0.6) is 5.75 Å². The zero-order chi connectivity index (χ0) is 30.7. The number of piperidine rings is 1. The normalized spacial score (nSPS) is 14.5. The number of aromatic nitrogens is 3. The molecule has 2 aromatic heterocycles. The molecule has 4 aromatic rings. The van der Waals surface area contributed by atoms with Crippen molar-refractivity contribution in [1.82, 2.24) is 24.6 Å². The van der Waals surface area contributed by atoms with E-state index < -0.39 is 17.7 Å². The van der Waals surface area contributed by atoms with Crippen molar-refractivity contribution in [2.75, 3.05) is 38.6 Å². The van der Waals surface area contributed by atoms with Crippen molar-refractivity contribution in [3.8, 4) is 17.0 Å². The number of nitrogens with two attached hydrogens (primary N) is 1. The summed E-state index contributed by atoms with van der Waals surface area (Å²) < 4.78 is 35.6. The largest absolute Gasteiger partial charge is 0.494 e. The molecule has 1 unspecified atom stereocenters. The van der Waals surface area contributed by atoms with Crippen molar-refractivity contribution in [3.63, 3.8) is 0 Å². The maximum atomic E-state index is 14.8. The van der Waals surface area contributed by atoms with Crippen LogP contribution in [0.3, 0.4) is 0 Å². The third kappa shape index (κ3) is 6.13. The Balaban J connectivity index is 1.27. The highest BCUT2D eigenvalue weighted by atomic mass is 19.2. The number of imidazole rings is 1. The molecule has 11 nitrogen and oxygen atoms in total.